The predicted molar refractivity (Wildman–Crippen MR) is 87.3 cm³/mol. The summed E-state index contributed by atoms with van der Waals surface area (Å²) in [6, 6.07) is 0. The molecule has 0 aliphatic heterocycles. The third kappa shape index (κ3) is 4.80. The molecule has 2 unspecified atom stereocenters. The maximum Gasteiger partial charge on any atom is 0.310 e. The molecule has 0 radical (unpaired) electrons. The lowest BCUT2D eigenvalue weighted by molar-refractivity contribution is -0.164. The molecule has 1 saturated carbocycles. The second-order valence-corrected chi connectivity index (χ2v) is 7.18. The van der Waals surface area contributed by atoms with Crippen LogP contribution in [0.4, 0.5) is 22.0 Å². The van der Waals surface area contributed by atoms with E-state index >= 15 is 0 Å². The van der Waals surface area contributed by atoms with E-state index in [1.807, 2.05) is 13.8 Å². The quantitative estimate of drug-likeness (QED) is 0.302. The molecule has 0 heterocycles. The maximum atomic E-state index is 13.7. The minimum atomic E-state index is -2.29. The van der Waals surface area contributed by atoms with Gasteiger partial charge >= 0.3 is 11.9 Å². The molecule has 0 bridgehead atoms. The average Bonchev–Trinajstić information content (AvgIpc) is 2.68. The van der Waals surface area contributed by atoms with E-state index in [1.165, 1.54) is 0 Å². The molecule has 4 nitrogen and oxygen atoms in total. The van der Waals surface area contributed by atoms with Gasteiger partial charge < -0.3 is 9.47 Å². The third-order valence-corrected chi connectivity index (χ3v) is 4.59. The minimum Gasteiger partial charge on any atom is -0.465 e. The number of hydrogen-bond acceptors (Lipinski definition) is 4. The van der Waals surface area contributed by atoms with E-state index in [-0.39, 0.29) is 12.5 Å². The van der Waals surface area contributed by atoms with Gasteiger partial charge in [0.15, 0.2) is 23.3 Å². The molecular formula is C19H21F5O4. The normalized spacial score (nSPS) is 19.6. The number of rotatable bonds is 6. The summed E-state index contributed by atoms with van der Waals surface area (Å²) in [5.41, 5.74) is -1.24. The van der Waals surface area contributed by atoms with Crippen LogP contribution in [-0.2, 0) is 25.7 Å². The zero-order valence-electron chi connectivity index (χ0n) is 15.5. The van der Waals surface area contributed by atoms with Gasteiger partial charge in [-0.15, -0.1) is 0 Å². The van der Waals surface area contributed by atoms with Crippen LogP contribution in [0.2, 0.25) is 0 Å². The van der Waals surface area contributed by atoms with Crippen molar-refractivity contribution in [1.29, 1.82) is 0 Å². The van der Waals surface area contributed by atoms with E-state index in [1.54, 1.807) is 0 Å². The van der Waals surface area contributed by atoms with Crippen LogP contribution in [0.1, 0.15) is 45.1 Å². The third-order valence-electron chi connectivity index (χ3n) is 4.59. The Morgan fingerprint density at radius 3 is 1.71 bits per heavy atom. The molecule has 156 valence electrons. The van der Waals surface area contributed by atoms with Crippen molar-refractivity contribution in [2.24, 2.45) is 17.8 Å². The smallest absolute Gasteiger partial charge is 0.310 e. The van der Waals surface area contributed by atoms with Crippen molar-refractivity contribution in [1.82, 2.24) is 0 Å². The second-order valence-electron chi connectivity index (χ2n) is 7.18. The van der Waals surface area contributed by atoms with E-state index in [2.05, 4.69) is 0 Å². The van der Waals surface area contributed by atoms with Gasteiger partial charge in [0.1, 0.15) is 6.61 Å². The molecule has 1 aromatic rings. The SMILES string of the molecule is CC(C)COC(=O)C1CCCCC1C(=O)OCc1c(F)c(F)c(F)c(F)c1F. The first-order valence-electron chi connectivity index (χ1n) is 8.98. The van der Waals surface area contributed by atoms with Gasteiger partial charge in [0.2, 0.25) is 5.82 Å². The van der Waals surface area contributed by atoms with Crippen LogP contribution in [0.25, 0.3) is 0 Å². The Kier molecular flexibility index (Phi) is 7.37. The van der Waals surface area contributed by atoms with Crippen molar-refractivity contribution in [3.8, 4) is 0 Å². The van der Waals surface area contributed by atoms with Gasteiger partial charge in [0.05, 0.1) is 24.0 Å². The van der Waals surface area contributed by atoms with E-state index < -0.39 is 65.0 Å². The van der Waals surface area contributed by atoms with Gasteiger partial charge in [-0.1, -0.05) is 26.7 Å². The average molecular weight is 408 g/mol. The van der Waals surface area contributed by atoms with Crippen molar-refractivity contribution in [2.45, 2.75) is 46.1 Å². The van der Waals surface area contributed by atoms with Gasteiger partial charge in [0, 0.05) is 0 Å². The standard InChI is InChI=1S/C19H21F5O4/c1-9(2)7-27-18(25)10-5-3-4-6-11(10)19(26)28-8-12-13(20)15(22)17(24)16(23)14(12)21/h9-11H,3-8H2,1-2H3. The lowest BCUT2D eigenvalue weighted by Gasteiger charge is -2.28. The molecular weight excluding hydrogens is 387 g/mol. The number of carbonyl (C=O) groups excluding carboxylic acids is 2. The summed E-state index contributed by atoms with van der Waals surface area (Å²) in [7, 11) is 0. The van der Waals surface area contributed by atoms with Crippen molar-refractivity contribution in [3.63, 3.8) is 0 Å². The van der Waals surface area contributed by atoms with Crippen LogP contribution < -0.4 is 0 Å². The molecule has 2 atom stereocenters. The molecule has 9 heteroatoms. The Morgan fingerprint density at radius 2 is 1.25 bits per heavy atom. The van der Waals surface area contributed by atoms with Crippen LogP contribution in [0, 0.1) is 46.8 Å². The van der Waals surface area contributed by atoms with Crippen molar-refractivity contribution in [2.75, 3.05) is 6.61 Å². The number of carbonyl (C=O) groups is 2. The van der Waals surface area contributed by atoms with Gasteiger partial charge in [-0.2, -0.15) is 0 Å². The summed E-state index contributed by atoms with van der Waals surface area (Å²) >= 11 is 0. The van der Waals surface area contributed by atoms with Gasteiger partial charge in [-0.3, -0.25) is 9.59 Å². The Bertz CT molecular complexity index is 721. The summed E-state index contributed by atoms with van der Waals surface area (Å²) in [6.07, 6.45) is 2.02. The largest absolute Gasteiger partial charge is 0.465 e. The maximum absolute atomic E-state index is 13.7. The highest BCUT2D eigenvalue weighted by molar-refractivity contribution is 5.82. The fourth-order valence-electron chi connectivity index (χ4n) is 3.08. The van der Waals surface area contributed by atoms with Crippen LogP contribution in [-0.4, -0.2) is 18.5 Å². The molecule has 28 heavy (non-hydrogen) atoms. The topological polar surface area (TPSA) is 52.6 Å². The Hall–Kier alpha value is -2.19. The number of esters is 2. The summed E-state index contributed by atoms with van der Waals surface area (Å²) < 4.78 is 76.9. The van der Waals surface area contributed by atoms with E-state index in [4.69, 9.17) is 9.47 Å². The Morgan fingerprint density at radius 1 is 0.821 bits per heavy atom. The van der Waals surface area contributed by atoms with Crippen LogP contribution in [0.5, 0.6) is 0 Å². The van der Waals surface area contributed by atoms with Gasteiger partial charge in [-0.25, -0.2) is 22.0 Å². The Balaban J connectivity index is 2.10. The molecule has 1 aliphatic carbocycles. The molecule has 0 amide bonds. The number of hydrogen-bond donors (Lipinski definition) is 0. The lowest BCUT2D eigenvalue weighted by Crippen LogP contribution is -2.35. The summed E-state index contributed by atoms with van der Waals surface area (Å²) in [6.45, 7) is 2.75. The molecule has 0 N–H and O–H groups in total. The molecule has 0 saturated heterocycles. The Labute approximate surface area is 159 Å². The second kappa shape index (κ2) is 9.34. The number of benzene rings is 1. The lowest BCUT2D eigenvalue weighted by atomic mass is 9.79. The first-order chi connectivity index (χ1) is 13.1. The molecule has 1 aromatic carbocycles. The summed E-state index contributed by atoms with van der Waals surface area (Å²) in [5, 5.41) is 0. The van der Waals surface area contributed by atoms with Crippen molar-refractivity contribution in [3.05, 3.63) is 34.6 Å². The fourth-order valence-corrected chi connectivity index (χ4v) is 3.08. The van der Waals surface area contributed by atoms with Crippen LogP contribution in [0.15, 0.2) is 0 Å². The summed E-state index contributed by atoms with van der Waals surface area (Å²) in [4.78, 5) is 24.6. The number of halogens is 5. The first kappa shape index (κ1) is 22.1. The molecule has 1 aliphatic rings. The molecule has 2 rings (SSSR count). The highest BCUT2D eigenvalue weighted by atomic mass is 19.2. The highest BCUT2D eigenvalue weighted by Crippen LogP contribution is 2.33. The zero-order chi connectivity index (χ0) is 21.0. The van der Waals surface area contributed by atoms with Gasteiger partial charge in [-0.05, 0) is 18.8 Å². The monoisotopic (exact) mass is 408 g/mol. The molecule has 1 fully saturated rings. The summed E-state index contributed by atoms with van der Waals surface area (Å²) in [5.74, 6) is -13.7. The van der Waals surface area contributed by atoms with Crippen LogP contribution >= 0.6 is 0 Å². The minimum absolute atomic E-state index is 0.104. The van der Waals surface area contributed by atoms with E-state index in [9.17, 15) is 31.5 Å². The zero-order valence-corrected chi connectivity index (χ0v) is 15.5. The van der Waals surface area contributed by atoms with Crippen LogP contribution in [0.3, 0.4) is 0 Å². The van der Waals surface area contributed by atoms with Crippen molar-refractivity contribution >= 4 is 11.9 Å². The van der Waals surface area contributed by atoms with Crippen molar-refractivity contribution < 1.29 is 41.0 Å². The predicted octanol–water partition coefficient (Wildman–Crippen LogP) is 4.43. The molecule has 0 spiro atoms. The molecule has 0 aromatic heterocycles. The highest BCUT2D eigenvalue weighted by Gasteiger charge is 2.38. The first-order valence-corrected chi connectivity index (χ1v) is 8.98. The van der Waals surface area contributed by atoms with Gasteiger partial charge in [0.25, 0.3) is 0 Å². The van der Waals surface area contributed by atoms with E-state index in [0.29, 0.717) is 25.7 Å². The fraction of sp³-hybridized carbons (Fsp3) is 0.579. The van der Waals surface area contributed by atoms with E-state index in [0.717, 1.165) is 0 Å². The number of ether oxygens (including phenoxy) is 2.